The van der Waals surface area contributed by atoms with Crippen LogP contribution in [-0.2, 0) is 17.8 Å². The average molecular weight is 388 g/mol. The van der Waals surface area contributed by atoms with Gasteiger partial charge in [-0.1, -0.05) is 6.92 Å². The molecule has 8 nitrogen and oxygen atoms in total. The number of nitrogens with one attached hydrogen (secondary N) is 2. The fourth-order valence-electron chi connectivity index (χ4n) is 2.84. The standard InChI is InChI=1S/C18H20N4O4S/c1-2-3-15(23)19-12-6-4-11(5-7-12)18(25)22-9-8-13-14(10-22)27-17(20-13)16(24)21-26/h4-7,26H,2-3,8-10H2,1H3,(H,19,23)(H,21,24). The van der Waals surface area contributed by atoms with Crippen LogP contribution in [0.3, 0.4) is 0 Å². The molecule has 0 saturated carbocycles. The van der Waals surface area contributed by atoms with E-state index in [9.17, 15) is 14.4 Å². The van der Waals surface area contributed by atoms with Gasteiger partial charge in [0, 0.05) is 35.5 Å². The van der Waals surface area contributed by atoms with Gasteiger partial charge in [0.1, 0.15) is 0 Å². The van der Waals surface area contributed by atoms with Crippen LogP contribution in [0.15, 0.2) is 24.3 Å². The molecule has 0 bridgehead atoms. The molecule has 0 aliphatic carbocycles. The summed E-state index contributed by atoms with van der Waals surface area (Å²) in [5.41, 5.74) is 3.56. The Kier molecular flexibility index (Phi) is 5.82. The molecule has 2 aromatic rings. The highest BCUT2D eigenvalue weighted by atomic mass is 32.1. The molecule has 3 rings (SSSR count). The lowest BCUT2D eigenvalue weighted by Crippen LogP contribution is -2.35. The summed E-state index contributed by atoms with van der Waals surface area (Å²) in [6.07, 6.45) is 1.79. The van der Waals surface area contributed by atoms with E-state index in [-0.39, 0.29) is 16.8 Å². The molecule has 1 aromatic carbocycles. The minimum atomic E-state index is -0.645. The predicted octanol–water partition coefficient (Wildman–Crippen LogP) is 2.20. The number of carbonyl (C=O) groups is 3. The molecule has 0 spiro atoms. The van der Waals surface area contributed by atoms with E-state index in [1.807, 2.05) is 6.92 Å². The van der Waals surface area contributed by atoms with Gasteiger partial charge in [0.25, 0.3) is 5.91 Å². The van der Waals surface area contributed by atoms with Gasteiger partial charge in [-0.25, -0.2) is 10.5 Å². The van der Waals surface area contributed by atoms with E-state index in [0.29, 0.717) is 37.2 Å². The Balaban J connectivity index is 1.67. The van der Waals surface area contributed by atoms with Crippen molar-refractivity contribution in [1.29, 1.82) is 0 Å². The SMILES string of the molecule is CCCC(=O)Nc1ccc(C(=O)N2CCc3nc(C(=O)NO)sc3C2)cc1. The van der Waals surface area contributed by atoms with Gasteiger partial charge in [-0.05, 0) is 30.7 Å². The minimum absolute atomic E-state index is 0.0481. The highest BCUT2D eigenvalue weighted by Crippen LogP contribution is 2.26. The molecule has 0 unspecified atom stereocenters. The van der Waals surface area contributed by atoms with E-state index in [2.05, 4.69) is 10.3 Å². The van der Waals surface area contributed by atoms with Crippen LogP contribution in [0.2, 0.25) is 0 Å². The van der Waals surface area contributed by atoms with Gasteiger partial charge in [-0.15, -0.1) is 11.3 Å². The van der Waals surface area contributed by atoms with E-state index < -0.39 is 5.91 Å². The summed E-state index contributed by atoms with van der Waals surface area (Å²) in [5.74, 6) is -0.810. The minimum Gasteiger partial charge on any atom is -0.333 e. The maximum Gasteiger partial charge on any atom is 0.303 e. The van der Waals surface area contributed by atoms with Crippen molar-refractivity contribution in [2.24, 2.45) is 0 Å². The summed E-state index contributed by atoms with van der Waals surface area (Å²) in [6.45, 7) is 2.82. The number of amides is 3. The number of anilines is 1. The second-order valence-corrected chi connectivity index (χ2v) is 7.27. The lowest BCUT2D eigenvalue weighted by molar-refractivity contribution is -0.116. The number of thiazole rings is 1. The summed E-state index contributed by atoms with van der Waals surface area (Å²) in [4.78, 5) is 42.6. The van der Waals surface area contributed by atoms with Gasteiger partial charge in [-0.3, -0.25) is 19.6 Å². The van der Waals surface area contributed by atoms with E-state index in [1.54, 1.807) is 34.6 Å². The van der Waals surface area contributed by atoms with Crippen LogP contribution in [0.4, 0.5) is 5.69 Å². The fourth-order valence-corrected chi connectivity index (χ4v) is 3.86. The number of hydrogen-bond acceptors (Lipinski definition) is 6. The third-order valence-electron chi connectivity index (χ3n) is 4.21. The average Bonchev–Trinajstić information content (AvgIpc) is 3.11. The monoisotopic (exact) mass is 388 g/mol. The van der Waals surface area contributed by atoms with Crippen LogP contribution in [-0.4, -0.2) is 39.4 Å². The molecule has 3 N–H and O–H groups in total. The van der Waals surface area contributed by atoms with Crippen molar-refractivity contribution in [1.82, 2.24) is 15.4 Å². The maximum atomic E-state index is 12.7. The smallest absolute Gasteiger partial charge is 0.303 e. The molecule has 0 fully saturated rings. The lowest BCUT2D eigenvalue weighted by atomic mass is 10.1. The Morgan fingerprint density at radius 2 is 2.00 bits per heavy atom. The summed E-state index contributed by atoms with van der Waals surface area (Å²) in [6, 6.07) is 6.81. The second-order valence-electron chi connectivity index (χ2n) is 6.18. The van der Waals surface area contributed by atoms with Crippen molar-refractivity contribution < 1.29 is 19.6 Å². The lowest BCUT2D eigenvalue weighted by Gasteiger charge is -2.26. The molecule has 0 atom stereocenters. The number of rotatable bonds is 5. The van der Waals surface area contributed by atoms with Crippen molar-refractivity contribution in [2.75, 3.05) is 11.9 Å². The summed E-state index contributed by atoms with van der Waals surface area (Å²) in [7, 11) is 0. The van der Waals surface area contributed by atoms with Gasteiger partial charge in [0.15, 0.2) is 5.01 Å². The van der Waals surface area contributed by atoms with Gasteiger partial charge in [-0.2, -0.15) is 0 Å². The van der Waals surface area contributed by atoms with Crippen LogP contribution in [0.5, 0.6) is 0 Å². The van der Waals surface area contributed by atoms with Crippen LogP contribution in [0.1, 0.15) is 50.5 Å². The number of benzene rings is 1. The van der Waals surface area contributed by atoms with Crippen molar-refractivity contribution in [3.8, 4) is 0 Å². The third kappa shape index (κ3) is 4.32. The number of hydrogen-bond donors (Lipinski definition) is 3. The third-order valence-corrected chi connectivity index (χ3v) is 5.29. The molecular formula is C18H20N4O4S. The highest BCUT2D eigenvalue weighted by Gasteiger charge is 2.26. The molecule has 0 saturated heterocycles. The van der Waals surface area contributed by atoms with E-state index in [1.165, 1.54) is 11.3 Å². The topological polar surface area (TPSA) is 112 Å². The van der Waals surface area contributed by atoms with Gasteiger partial charge < -0.3 is 10.2 Å². The molecule has 9 heteroatoms. The summed E-state index contributed by atoms with van der Waals surface area (Å²) >= 11 is 1.17. The molecular weight excluding hydrogens is 368 g/mol. The van der Waals surface area contributed by atoms with Crippen LogP contribution in [0.25, 0.3) is 0 Å². The first-order chi connectivity index (χ1) is 13.0. The largest absolute Gasteiger partial charge is 0.333 e. The summed E-state index contributed by atoms with van der Waals surface area (Å²) < 4.78 is 0. The quantitative estimate of drug-likeness (QED) is 0.537. The Morgan fingerprint density at radius 1 is 1.26 bits per heavy atom. The van der Waals surface area contributed by atoms with Crippen molar-refractivity contribution in [2.45, 2.75) is 32.7 Å². The Morgan fingerprint density at radius 3 is 2.67 bits per heavy atom. The van der Waals surface area contributed by atoms with Crippen LogP contribution >= 0.6 is 11.3 Å². The number of fused-ring (bicyclic) bond motifs is 1. The fraction of sp³-hybridized carbons (Fsp3) is 0.333. The van der Waals surface area contributed by atoms with E-state index in [4.69, 9.17) is 5.21 Å². The molecule has 1 aliphatic heterocycles. The zero-order valence-corrected chi connectivity index (χ0v) is 15.6. The molecule has 2 heterocycles. The first kappa shape index (κ1) is 19.0. The molecule has 1 aliphatic rings. The van der Waals surface area contributed by atoms with Crippen molar-refractivity contribution in [3.63, 3.8) is 0 Å². The molecule has 142 valence electrons. The molecule has 1 aromatic heterocycles. The Hall–Kier alpha value is -2.78. The zero-order chi connectivity index (χ0) is 19.4. The number of carbonyl (C=O) groups excluding carboxylic acids is 3. The van der Waals surface area contributed by atoms with Crippen molar-refractivity contribution in [3.05, 3.63) is 45.4 Å². The van der Waals surface area contributed by atoms with Crippen LogP contribution < -0.4 is 10.8 Å². The number of nitrogens with zero attached hydrogens (tertiary/aromatic N) is 2. The van der Waals surface area contributed by atoms with E-state index in [0.717, 1.165) is 17.0 Å². The number of hydroxylamine groups is 1. The van der Waals surface area contributed by atoms with Crippen LogP contribution in [0, 0.1) is 0 Å². The van der Waals surface area contributed by atoms with Gasteiger partial charge in [0.05, 0.1) is 12.2 Å². The summed E-state index contributed by atoms with van der Waals surface area (Å²) in [5, 5.41) is 11.7. The Bertz CT molecular complexity index is 863. The molecule has 3 amide bonds. The molecule has 27 heavy (non-hydrogen) atoms. The normalized spacial score (nSPS) is 13.0. The van der Waals surface area contributed by atoms with E-state index >= 15 is 0 Å². The zero-order valence-electron chi connectivity index (χ0n) is 14.8. The Labute approximate surface area is 160 Å². The predicted molar refractivity (Wildman–Crippen MR) is 99.8 cm³/mol. The van der Waals surface area contributed by atoms with Gasteiger partial charge >= 0.3 is 5.91 Å². The highest BCUT2D eigenvalue weighted by molar-refractivity contribution is 7.13. The second kappa shape index (κ2) is 8.28. The van der Waals surface area contributed by atoms with Gasteiger partial charge in [0.2, 0.25) is 5.91 Å². The molecule has 0 radical (unpaired) electrons. The van der Waals surface area contributed by atoms with Crippen molar-refractivity contribution >= 4 is 34.7 Å². The maximum absolute atomic E-state index is 12.7. The first-order valence-electron chi connectivity index (χ1n) is 8.64. The first-order valence-corrected chi connectivity index (χ1v) is 9.45. The number of aromatic nitrogens is 1.